The predicted molar refractivity (Wildman–Crippen MR) is 130 cm³/mol. The number of carbonyl (C=O) groups excluding carboxylic acids is 2. The smallest absolute Gasteiger partial charge is 0.222 e. The molecule has 5 nitrogen and oxygen atoms in total. The lowest BCUT2D eigenvalue weighted by Gasteiger charge is -2.63. The molecule has 0 radical (unpaired) electrons. The van der Waals surface area contributed by atoms with Gasteiger partial charge in [-0.2, -0.15) is 0 Å². The fourth-order valence-corrected chi connectivity index (χ4v) is 8.56. The Hall–Kier alpha value is -2.04. The number of benzene rings is 1. The van der Waals surface area contributed by atoms with Gasteiger partial charge in [0.05, 0.1) is 6.10 Å². The molecule has 1 saturated heterocycles. The van der Waals surface area contributed by atoms with Crippen molar-refractivity contribution >= 4 is 17.5 Å². The fourth-order valence-electron chi connectivity index (χ4n) is 8.56. The summed E-state index contributed by atoms with van der Waals surface area (Å²) in [7, 11) is 2.04. The van der Waals surface area contributed by atoms with Crippen molar-refractivity contribution < 1.29 is 14.3 Å². The van der Waals surface area contributed by atoms with Gasteiger partial charge in [0.2, 0.25) is 11.8 Å². The molecule has 2 amide bonds. The second kappa shape index (κ2) is 8.02. The fraction of sp³-hybridized carbons (Fsp3) is 0.714. The van der Waals surface area contributed by atoms with E-state index in [0.29, 0.717) is 41.5 Å². The second-order valence-corrected chi connectivity index (χ2v) is 12.1. The molecule has 3 aliphatic carbocycles. The number of nitrogens with one attached hydrogen (secondary N) is 1. The molecule has 1 unspecified atom stereocenters. The number of carbonyl (C=O) groups is 2. The molecular weight excluding hydrogens is 412 g/mol. The van der Waals surface area contributed by atoms with Crippen molar-refractivity contribution in [3.05, 3.63) is 24.3 Å². The van der Waals surface area contributed by atoms with Crippen molar-refractivity contribution in [3.8, 4) is 5.75 Å². The number of hydrogen-bond donors (Lipinski definition) is 1. The first-order valence-electron chi connectivity index (χ1n) is 12.9. The minimum atomic E-state index is -0.0583. The molecule has 5 heteroatoms. The van der Waals surface area contributed by atoms with Gasteiger partial charge in [0.25, 0.3) is 0 Å². The van der Waals surface area contributed by atoms with E-state index < -0.39 is 0 Å². The summed E-state index contributed by atoms with van der Waals surface area (Å²) in [4.78, 5) is 25.8. The molecule has 5 rings (SSSR count). The third-order valence-corrected chi connectivity index (χ3v) is 10.1. The number of piperidine rings is 1. The summed E-state index contributed by atoms with van der Waals surface area (Å²) >= 11 is 0. The number of anilines is 1. The van der Waals surface area contributed by atoms with E-state index in [4.69, 9.17) is 4.74 Å². The van der Waals surface area contributed by atoms with Crippen molar-refractivity contribution in [2.75, 3.05) is 12.4 Å². The Morgan fingerprint density at radius 1 is 1.12 bits per heavy atom. The topological polar surface area (TPSA) is 58.6 Å². The molecule has 1 aromatic rings. The molecule has 1 heterocycles. The van der Waals surface area contributed by atoms with Gasteiger partial charge in [-0.05, 0) is 97.3 Å². The summed E-state index contributed by atoms with van der Waals surface area (Å²) in [6, 6.07) is 8.18. The Labute approximate surface area is 198 Å². The monoisotopic (exact) mass is 452 g/mol. The zero-order chi connectivity index (χ0) is 23.5. The number of nitrogens with zero attached hydrogens (tertiary/aromatic N) is 1. The molecule has 8 atom stereocenters. The van der Waals surface area contributed by atoms with E-state index in [1.54, 1.807) is 0 Å². The number of fused-ring (bicyclic) bond motifs is 5. The SMILES string of the molecule is CC(=O)Nc1ccc(O[C@H]2C[C@H]3C4[C@@H](C)C[C@H]5N(C)C(=O)CC[C@]5(C)[C@H]4CC[C@]3(C)C2)cc1. The van der Waals surface area contributed by atoms with Gasteiger partial charge >= 0.3 is 0 Å². The zero-order valence-corrected chi connectivity index (χ0v) is 20.9. The first-order valence-corrected chi connectivity index (χ1v) is 12.9. The Morgan fingerprint density at radius 2 is 1.85 bits per heavy atom. The van der Waals surface area contributed by atoms with Crippen LogP contribution in [0.25, 0.3) is 0 Å². The van der Waals surface area contributed by atoms with Crippen LogP contribution in [-0.4, -0.2) is 35.9 Å². The maximum absolute atomic E-state index is 12.5. The molecule has 180 valence electrons. The van der Waals surface area contributed by atoms with Crippen LogP contribution in [0.15, 0.2) is 24.3 Å². The lowest BCUT2D eigenvalue weighted by atomic mass is 9.45. The first-order chi connectivity index (χ1) is 15.6. The highest BCUT2D eigenvalue weighted by Gasteiger charge is 2.62. The maximum Gasteiger partial charge on any atom is 0.222 e. The summed E-state index contributed by atoms with van der Waals surface area (Å²) < 4.78 is 6.50. The van der Waals surface area contributed by atoms with Crippen LogP contribution in [-0.2, 0) is 9.59 Å². The van der Waals surface area contributed by atoms with Crippen LogP contribution in [0.5, 0.6) is 5.75 Å². The highest BCUT2D eigenvalue weighted by molar-refractivity contribution is 5.88. The van der Waals surface area contributed by atoms with E-state index in [2.05, 4.69) is 31.0 Å². The van der Waals surface area contributed by atoms with Gasteiger partial charge in [-0.3, -0.25) is 9.59 Å². The van der Waals surface area contributed by atoms with Gasteiger partial charge in [-0.15, -0.1) is 0 Å². The third-order valence-electron chi connectivity index (χ3n) is 10.1. The van der Waals surface area contributed by atoms with Crippen molar-refractivity contribution in [1.29, 1.82) is 0 Å². The Kier molecular flexibility index (Phi) is 5.53. The van der Waals surface area contributed by atoms with Crippen molar-refractivity contribution in [3.63, 3.8) is 0 Å². The summed E-state index contributed by atoms with van der Waals surface area (Å²) in [5.74, 6) is 3.93. The average molecular weight is 453 g/mol. The summed E-state index contributed by atoms with van der Waals surface area (Å²) in [6.07, 6.45) is 7.97. The number of amides is 2. The molecule has 33 heavy (non-hydrogen) atoms. The van der Waals surface area contributed by atoms with Crippen LogP contribution < -0.4 is 10.1 Å². The van der Waals surface area contributed by atoms with Crippen molar-refractivity contribution in [2.24, 2.45) is 34.5 Å². The molecule has 0 aromatic heterocycles. The van der Waals surface area contributed by atoms with Gasteiger partial charge in [0, 0.05) is 32.1 Å². The highest BCUT2D eigenvalue weighted by Crippen LogP contribution is 2.66. The Balaban J connectivity index is 1.33. The third kappa shape index (κ3) is 3.76. The number of likely N-dealkylation sites (tertiary alicyclic amines) is 1. The Bertz CT molecular complexity index is 930. The van der Waals surface area contributed by atoms with Crippen molar-refractivity contribution in [2.45, 2.75) is 84.8 Å². The van der Waals surface area contributed by atoms with Crippen molar-refractivity contribution in [1.82, 2.24) is 4.90 Å². The highest BCUT2D eigenvalue weighted by atomic mass is 16.5. The van der Waals surface area contributed by atoms with E-state index in [1.165, 1.54) is 19.8 Å². The lowest BCUT2D eigenvalue weighted by Crippen LogP contribution is -2.62. The van der Waals surface area contributed by atoms with Crippen LogP contribution in [0.3, 0.4) is 0 Å². The quantitative estimate of drug-likeness (QED) is 0.659. The van der Waals surface area contributed by atoms with E-state index >= 15 is 0 Å². The van der Waals surface area contributed by atoms with E-state index in [0.717, 1.165) is 43.0 Å². The van der Waals surface area contributed by atoms with E-state index in [1.807, 2.05) is 31.3 Å². The minimum absolute atomic E-state index is 0.0583. The predicted octanol–water partition coefficient (Wildman–Crippen LogP) is 5.50. The number of ether oxygens (including phenoxy) is 1. The largest absolute Gasteiger partial charge is 0.490 e. The molecule has 4 fully saturated rings. The molecule has 3 saturated carbocycles. The van der Waals surface area contributed by atoms with E-state index in [-0.39, 0.29) is 17.4 Å². The molecule has 1 aliphatic heterocycles. The van der Waals surface area contributed by atoms with Crippen LogP contribution in [0.4, 0.5) is 5.69 Å². The molecule has 4 aliphatic rings. The van der Waals surface area contributed by atoms with Crippen LogP contribution in [0, 0.1) is 34.5 Å². The second-order valence-electron chi connectivity index (χ2n) is 12.1. The maximum atomic E-state index is 12.5. The Morgan fingerprint density at radius 3 is 2.55 bits per heavy atom. The molecular formula is C28H40N2O3. The van der Waals surface area contributed by atoms with Gasteiger partial charge < -0.3 is 15.0 Å². The summed E-state index contributed by atoms with van der Waals surface area (Å²) in [5.41, 5.74) is 1.40. The lowest BCUT2D eigenvalue weighted by molar-refractivity contribution is -0.164. The van der Waals surface area contributed by atoms with E-state index in [9.17, 15) is 9.59 Å². The van der Waals surface area contributed by atoms with Crippen LogP contribution in [0.2, 0.25) is 0 Å². The van der Waals surface area contributed by atoms with Crippen LogP contribution >= 0.6 is 0 Å². The molecule has 0 bridgehead atoms. The van der Waals surface area contributed by atoms with Crippen LogP contribution in [0.1, 0.15) is 72.6 Å². The summed E-state index contributed by atoms with van der Waals surface area (Å²) in [5, 5.41) is 2.82. The zero-order valence-electron chi connectivity index (χ0n) is 20.9. The first kappa shape index (κ1) is 22.7. The molecule has 1 N–H and O–H groups in total. The molecule has 0 spiro atoms. The number of hydrogen-bond acceptors (Lipinski definition) is 3. The van der Waals surface area contributed by atoms with Gasteiger partial charge in [-0.1, -0.05) is 20.8 Å². The van der Waals surface area contributed by atoms with Gasteiger partial charge in [-0.25, -0.2) is 0 Å². The average Bonchev–Trinajstić information content (AvgIpc) is 3.09. The minimum Gasteiger partial charge on any atom is -0.490 e. The normalized spacial score (nSPS) is 42.2. The van der Waals surface area contributed by atoms with Gasteiger partial charge in [0.15, 0.2) is 0 Å². The standard InChI is InChI=1S/C28H40N2O3/c1-17-14-24-28(4,13-11-25(32)30(24)5)22-10-12-27(3)16-21(15-23(27)26(17)22)33-20-8-6-19(7-9-20)29-18(2)31/h6-9,17,21-24,26H,10-16H2,1-5H3,(H,29,31)/t17-,21-,22-,23-,24+,26?,27+,28+/m0/s1. The summed E-state index contributed by atoms with van der Waals surface area (Å²) in [6.45, 7) is 8.97. The van der Waals surface area contributed by atoms with Gasteiger partial charge in [0.1, 0.15) is 5.75 Å². The number of rotatable bonds is 3. The molecule has 1 aromatic carbocycles.